The number of nitrogens with one attached hydrogen (secondary N) is 1. The van der Waals surface area contributed by atoms with Crippen molar-refractivity contribution in [3.05, 3.63) is 30.4 Å². The largest absolute Gasteiger partial charge is 0.352 e. The van der Waals surface area contributed by atoms with Gasteiger partial charge in [0.1, 0.15) is 0 Å². The highest BCUT2D eigenvalue weighted by Crippen LogP contribution is 2.11. The van der Waals surface area contributed by atoms with Crippen molar-refractivity contribution in [2.45, 2.75) is 26.2 Å². The molecule has 0 aliphatic rings. The summed E-state index contributed by atoms with van der Waals surface area (Å²) in [5.74, 6) is 0.333. The summed E-state index contributed by atoms with van der Waals surface area (Å²) in [5, 5.41) is 7.11. The van der Waals surface area contributed by atoms with Gasteiger partial charge in [-0.1, -0.05) is 13.3 Å². The molecule has 2 rings (SSSR count). The molecule has 1 unspecified atom stereocenters. The topological polar surface area (TPSA) is 85.3 Å². The smallest absolute Gasteiger partial charge is 0.255 e. The highest BCUT2D eigenvalue weighted by molar-refractivity contribution is 6.00. The Morgan fingerprint density at radius 3 is 3.05 bits per heavy atom. The lowest BCUT2D eigenvalue weighted by atomic mass is 10.00. The Labute approximate surface area is 118 Å². The Morgan fingerprint density at radius 2 is 2.30 bits per heavy atom. The van der Waals surface area contributed by atoms with Gasteiger partial charge in [0.2, 0.25) is 0 Å². The minimum Gasteiger partial charge on any atom is -0.352 e. The fraction of sp³-hybridized carbons (Fsp3) is 0.500. The summed E-state index contributed by atoms with van der Waals surface area (Å²) in [6, 6.07) is 0. The molecule has 6 heteroatoms. The monoisotopic (exact) mass is 275 g/mol. The minimum absolute atomic E-state index is 0.105. The van der Waals surface area contributed by atoms with Crippen LogP contribution < -0.4 is 11.1 Å². The molecule has 2 aromatic heterocycles. The molecule has 0 aliphatic carbocycles. The zero-order valence-electron chi connectivity index (χ0n) is 11.7. The summed E-state index contributed by atoms with van der Waals surface area (Å²) in [6.07, 6.45) is 9.69. The average molecular weight is 275 g/mol. The van der Waals surface area contributed by atoms with Crippen LogP contribution in [0.2, 0.25) is 0 Å². The molecule has 0 radical (unpaired) electrons. The number of nitrogens with two attached hydrogens (primary N) is 1. The van der Waals surface area contributed by atoms with Crippen LogP contribution >= 0.6 is 0 Å². The van der Waals surface area contributed by atoms with Crippen molar-refractivity contribution < 1.29 is 4.79 Å². The Hall–Kier alpha value is -1.95. The molecule has 0 spiro atoms. The van der Waals surface area contributed by atoms with Gasteiger partial charge in [-0.15, -0.1) is 0 Å². The molecule has 1 atom stereocenters. The summed E-state index contributed by atoms with van der Waals surface area (Å²) in [4.78, 5) is 16.2. The number of hydrogen-bond donors (Lipinski definition) is 2. The van der Waals surface area contributed by atoms with Crippen molar-refractivity contribution in [3.8, 4) is 0 Å². The molecule has 1 amide bonds. The second-order valence-corrected chi connectivity index (χ2v) is 4.91. The predicted molar refractivity (Wildman–Crippen MR) is 77.4 cm³/mol. The van der Waals surface area contributed by atoms with Gasteiger partial charge in [-0.25, -0.2) is 4.52 Å². The van der Waals surface area contributed by atoms with Crippen molar-refractivity contribution in [1.29, 1.82) is 0 Å². The molecule has 2 aromatic rings. The van der Waals surface area contributed by atoms with Crippen molar-refractivity contribution in [1.82, 2.24) is 19.9 Å². The Morgan fingerprint density at radius 1 is 1.45 bits per heavy atom. The van der Waals surface area contributed by atoms with Crippen LogP contribution in [-0.4, -0.2) is 33.6 Å². The van der Waals surface area contributed by atoms with Crippen molar-refractivity contribution in [3.63, 3.8) is 0 Å². The van der Waals surface area contributed by atoms with E-state index in [1.54, 1.807) is 29.3 Å². The second-order valence-electron chi connectivity index (χ2n) is 4.91. The maximum absolute atomic E-state index is 12.2. The van der Waals surface area contributed by atoms with E-state index < -0.39 is 0 Å². The fourth-order valence-corrected chi connectivity index (χ4v) is 2.33. The molecule has 0 bridgehead atoms. The predicted octanol–water partition coefficient (Wildman–Crippen LogP) is 1.22. The van der Waals surface area contributed by atoms with Crippen LogP contribution in [0.3, 0.4) is 0 Å². The van der Waals surface area contributed by atoms with Gasteiger partial charge in [0.25, 0.3) is 5.91 Å². The molecule has 0 aromatic carbocycles. The summed E-state index contributed by atoms with van der Waals surface area (Å²) in [6.45, 7) is 3.45. The summed E-state index contributed by atoms with van der Waals surface area (Å²) >= 11 is 0. The zero-order valence-corrected chi connectivity index (χ0v) is 11.7. The minimum atomic E-state index is -0.105. The number of nitrogens with zero attached hydrogens (tertiary/aromatic N) is 3. The van der Waals surface area contributed by atoms with Gasteiger partial charge in [-0.05, 0) is 25.3 Å². The lowest BCUT2D eigenvalue weighted by molar-refractivity contribution is 0.0947. The summed E-state index contributed by atoms with van der Waals surface area (Å²) < 4.78 is 1.64. The molecule has 0 saturated carbocycles. The molecule has 3 N–H and O–H groups in total. The fourth-order valence-electron chi connectivity index (χ4n) is 2.33. The van der Waals surface area contributed by atoms with E-state index in [2.05, 4.69) is 22.3 Å². The molecule has 0 aliphatic heterocycles. The first-order chi connectivity index (χ1) is 9.76. The quantitative estimate of drug-likeness (QED) is 0.795. The number of carbonyl (C=O) groups excluding carboxylic acids is 1. The normalized spacial score (nSPS) is 12.5. The van der Waals surface area contributed by atoms with Crippen LogP contribution in [0.15, 0.2) is 24.8 Å². The van der Waals surface area contributed by atoms with Crippen LogP contribution in [0.1, 0.15) is 36.5 Å². The van der Waals surface area contributed by atoms with Gasteiger partial charge in [-0.3, -0.25) is 9.78 Å². The maximum atomic E-state index is 12.2. The lowest BCUT2D eigenvalue weighted by Gasteiger charge is -2.15. The highest BCUT2D eigenvalue weighted by atomic mass is 16.1. The summed E-state index contributed by atoms with van der Waals surface area (Å²) in [7, 11) is 0. The van der Waals surface area contributed by atoms with Crippen LogP contribution in [0.4, 0.5) is 0 Å². The van der Waals surface area contributed by atoms with E-state index in [4.69, 9.17) is 5.73 Å². The lowest BCUT2D eigenvalue weighted by Crippen LogP contribution is -2.30. The number of rotatable bonds is 7. The second kappa shape index (κ2) is 7.00. The number of amides is 1. The Kier molecular flexibility index (Phi) is 5.06. The summed E-state index contributed by atoms with van der Waals surface area (Å²) in [5.41, 5.74) is 6.88. The van der Waals surface area contributed by atoms with Gasteiger partial charge in [0, 0.05) is 18.9 Å². The van der Waals surface area contributed by atoms with E-state index >= 15 is 0 Å². The van der Waals surface area contributed by atoms with Crippen molar-refractivity contribution >= 4 is 11.4 Å². The zero-order chi connectivity index (χ0) is 14.4. The van der Waals surface area contributed by atoms with E-state index in [1.165, 1.54) is 0 Å². The van der Waals surface area contributed by atoms with Gasteiger partial charge in [0.05, 0.1) is 23.5 Å². The van der Waals surface area contributed by atoms with Gasteiger partial charge < -0.3 is 11.1 Å². The van der Waals surface area contributed by atoms with E-state index in [1.807, 2.05) is 0 Å². The first-order valence-corrected chi connectivity index (χ1v) is 7.01. The number of hydrogen-bond acceptors (Lipinski definition) is 4. The third kappa shape index (κ3) is 3.33. The van der Waals surface area contributed by atoms with Gasteiger partial charge >= 0.3 is 0 Å². The van der Waals surface area contributed by atoms with Gasteiger partial charge in [0.15, 0.2) is 0 Å². The van der Waals surface area contributed by atoms with Crippen LogP contribution in [0.5, 0.6) is 0 Å². The molecular formula is C14H21N5O. The number of fused-ring (bicyclic) bond motifs is 1. The van der Waals surface area contributed by atoms with E-state index in [0.717, 1.165) is 24.8 Å². The van der Waals surface area contributed by atoms with E-state index in [9.17, 15) is 4.79 Å². The number of carbonyl (C=O) groups is 1. The SMILES string of the molecule is CCCC(CCN)CNC(=O)c1cnn2ccncc12. The molecule has 0 fully saturated rings. The first-order valence-electron chi connectivity index (χ1n) is 7.01. The molecule has 0 saturated heterocycles. The molecule has 108 valence electrons. The van der Waals surface area contributed by atoms with Crippen LogP contribution in [0, 0.1) is 5.92 Å². The van der Waals surface area contributed by atoms with E-state index in [-0.39, 0.29) is 5.91 Å². The standard InChI is InChI=1S/C14H21N5O/c1-2-3-11(4-5-15)8-17-14(20)12-9-18-19-7-6-16-10-13(12)19/h6-7,9-11H,2-5,8,15H2,1H3,(H,17,20). The van der Waals surface area contributed by atoms with Crippen LogP contribution in [0.25, 0.3) is 5.52 Å². The third-order valence-corrected chi connectivity index (χ3v) is 3.39. The maximum Gasteiger partial charge on any atom is 0.255 e. The average Bonchev–Trinajstić information content (AvgIpc) is 2.89. The number of aromatic nitrogens is 3. The molecule has 6 nitrogen and oxygen atoms in total. The highest BCUT2D eigenvalue weighted by Gasteiger charge is 2.14. The van der Waals surface area contributed by atoms with Crippen molar-refractivity contribution in [2.75, 3.05) is 13.1 Å². The van der Waals surface area contributed by atoms with Crippen molar-refractivity contribution in [2.24, 2.45) is 11.7 Å². The molecule has 2 heterocycles. The molecule has 20 heavy (non-hydrogen) atoms. The van der Waals surface area contributed by atoms with E-state index in [0.29, 0.717) is 24.6 Å². The Balaban J connectivity index is 2.01. The van der Waals surface area contributed by atoms with Gasteiger partial charge in [-0.2, -0.15) is 5.10 Å². The first kappa shape index (κ1) is 14.5. The van der Waals surface area contributed by atoms with Crippen LogP contribution in [-0.2, 0) is 0 Å². The Bertz CT molecular complexity index is 559. The molecular weight excluding hydrogens is 254 g/mol. The third-order valence-electron chi connectivity index (χ3n) is 3.39.